The number of rotatable bonds is 3. The summed E-state index contributed by atoms with van der Waals surface area (Å²) in [5, 5.41) is 13.8. The molecule has 3 heterocycles. The van der Waals surface area contributed by atoms with Crippen molar-refractivity contribution in [3.05, 3.63) is 83.9 Å². The van der Waals surface area contributed by atoms with Crippen LogP contribution in [-0.4, -0.2) is 28.2 Å². The Hall–Kier alpha value is -3.31. The Bertz CT molecular complexity index is 1280. The SMILES string of the molecule is O=C(OCc1ccccc1)N1C2CCC1CC(O)(c1ccc3oc4ccccc4c3c1)C2. The van der Waals surface area contributed by atoms with Crippen LogP contribution in [-0.2, 0) is 16.9 Å². The molecule has 4 aromatic rings. The highest BCUT2D eigenvalue weighted by Gasteiger charge is 2.50. The van der Waals surface area contributed by atoms with E-state index >= 15 is 0 Å². The fourth-order valence-electron chi connectivity index (χ4n) is 5.57. The fourth-order valence-corrected chi connectivity index (χ4v) is 5.57. The summed E-state index contributed by atoms with van der Waals surface area (Å²) >= 11 is 0. The molecule has 0 radical (unpaired) electrons. The number of ether oxygens (including phenoxy) is 1. The van der Waals surface area contributed by atoms with Gasteiger partial charge in [-0.1, -0.05) is 54.6 Å². The van der Waals surface area contributed by atoms with Crippen molar-refractivity contribution in [2.24, 2.45) is 0 Å². The highest BCUT2D eigenvalue weighted by molar-refractivity contribution is 6.05. The predicted octanol–water partition coefficient (Wildman–Crippen LogP) is 5.74. The van der Waals surface area contributed by atoms with E-state index in [1.165, 1.54) is 0 Å². The average molecular weight is 428 g/mol. The van der Waals surface area contributed by atoms with Crippen molar-refractivity contribution in [1.82, 2.24) is 4.90 Å². The molecular weight excluding hydrogens is 402 g/mol. The van der Waals surface area contributed by atoms with E-state index in [9.17, 15) is 9.90 Å². The topological polar surface area (TPSA) is 62.9 Å². The van der Waals surface area contributed by atoms with Crippen molar-refractivity contribution in [1.29, 1.82) is 0 Å². The minimum Gasteiger partial charge on any atom is -0.456 e. The van der Waals surface area contributed by atoms with Gasteiger partial charge in [-0.2, -0.15) is 0 Å². The minimum atomic E-state index is -0.964. The summed E-state index contributed by atoms with van der Waals surface area (Å²) in [7, 11) is 0. The van der Waals surface area contributed by atoms with Gasteiger partial charge in [0.1, 0.15) is 17.8 Å². The number of furan rings is 1. The lowest BCUT2D eigenvalue weighted by Crippen LogP contribution is -2.52. The smallest absolute Gasteiger partial charge is 0.410 e. The quantitative estimate of drug-likeness (QED) is 0.453. The van der Waals surface area contributed by atoms with E-state index in [2.05, 4.69) is 6.07 Å². The maximum atomic E-state index is 12.9. The number of para-hydroxylation sites is 1. The molecule has 2 fully saturated rings. The lowest BCUT2D eigenvalue weighted by molar-refractivity contribution is -0.0536. The van der Waals surface area contributed by atoms with Crippen molar-refractivity contribution < 1.29 is 19.1 Å². The summed E-state index contributed by atoms with van der Waals surface area (Å²) in [6.07, 6.45) is 2.55. The second-order valence-electron chi connectivity index (χ2n) is 9.08. The van der Waals surface area contributed by atoms with E-state index in [1.54, 1.807) is 0 Å². The van der Waals surface area contributed by atoms with E-state index in [0.29, 0.717) is 12.8 Å². The number of piperidine rings is 1. The Kier molecular flexibility index (Phi) is 4.47. The summed E-state index contributed by atoms with van der Waals surface area (Å²) in [6, 6.07) is 23.6. The van der Waals surface area contributed by atoms with Crippen LogP contribution in [0.4, 0.5) is 4.79 Å². The van der Waals surface area contributed by atoms with Crippen LogP contribution >= 0.6 is 0 Å². The molecule has 2 saturated heterocycles. The van der Waals surface area contributed by atoms with Crippen LogP contribution in [0.2, 0.25) is 0 Å². The standard InChI is InChI=1S/C27H25NO4/c29-26(31-17-18-6-2-1-3-7-18)28-20-11-12-21(28)16-27(30,15-20)19-10-13-25-23(14-19)22-8-4-5-9-24(22)32-25/h1-10,13-14,20-21,30H,11-12,15-17H2. The van der Waals surface area contributed by atoms with Gasteiger partial charge in [0.25, 0.3) is 0 Å². The van der Waals surface area contributed by atoms with Gasteiger partial charge >= 0.3 is 6.09 Å². The molecule has 0 aliphatic carbocycles. The van der Waals surface area contributed by atoms with Gasteiger partial charge in [-0.25, -0.2) is 4.79 Å². The monoisotopic (exact) mass is 427 g/mol. The maximum absolute atomic E-state index is 12.9. The van der Waals surface area contributed by atoms with Crippen molar-refractivity contribution >= 4 is 28.0 Å². The van der Waals surface area contributed by atoms with Gasteiger partial charge in [0.05, 0.1) is 5.60 Å². The molecule has 162 valence electrons. The van der Waals surface area contributed by atoms with Crippen LogP contribution in [0.1, 0.15) is 36.8 Å². The predicted molar refractivity (Wildman–Crippen MR) is 122 cm³/mol. The highest BCUT2D eigenvalue weighted by atomic mass is 16.6. The van der Waals surface area contributed by atoms with Crippen LogP contribution in [0.15, 0.2) is 77.2 Å². The summed E-state index contributed by atoms with van der Waals surface area (Å²) in [4.78, 5) is 14.7. The number of carbonyl (C=O) groups excluding carboxylic acids is 1. The lowest BCUT2D eigenvalue weighted by atomic mass is 9.80. The molecule has 1 amide bonds. The number of fused-ring (bicyclic) bond motifs is 5. The first kappa shape index (κ1) is 19.4. The molecule has 5 nitrogen and oxygen atoms in total. The summed E-state index contributed by atoms with van der Waals surface area (Å²) < 4.78 is 11.6. The molecule has 1 aromatic heterocycles. The van der Waals surface area contributed by atoms with E-state index in [1.807, 2.05) is 71.6 Å². The third kappa shape index (κ3) is 3.16. The number of hydrogen-bond acceptors (Lipinski definition) is 4. The van der Waals surface area contributed by atoms with Gasteiger partial charge in [0, 0.05) is 35.7 Å². The molecule has 3 aromatic carbocycles. The van der Waals surface area contributed by atoms with Crippen molar-refractivity contribution in [3.8, 4) is 0 Å². The normalized spacial score (nSPS) is 24.8. The molecule has 2 aliphatic rings. The molecule has 5 heteroatoms. The fraction of sp³-hybridized carbons (Fsp3) is 0.296. The molecule has 2 aliphatic heterocycles. The third-order valence-electron chi connectivity index (χ3n) is 7.10. The molecule has 2 atom stereocenters. The van der Waals surface area contributed by atoms with Crippen LogP contribution in [0.3, 0.4) is 0 Å². The number of aliphatic hydroxyl groups is 1. The zero-order valence-electron chi connectivity index (χ0n) is 17.7. The van der Waals surface area contributed by atoms with Crippen molar-refractivity contribution in [2.75, 3.05) is 0 Å². The Balaban J connectivity index is 1.24. The first-order chi connectivity index (χ1) is 15.6. The lowest BCUT2D eigenvalue weighted by Gasteiger charge is -2.43. The molecule has 2 unspecified atom stereocenters. The molecule has 32 heavy (non-hydrogen) atoms. The van der Waals surface area contributed by atoms with Gasteiger partial charge < -0.3 is 19.2 Å². The van der Waals surface area contributed by atoms with Gasteiger partial charge in [-0.05, 0) is 42.2 Å². The zero-order valence-corrected chi connectivity index (χ0v) is 17.7. The zero-order chi connectivity index (χ0) is 21.7. The van der Waals surface area contributed by atoms with Gasteiger partial charge in [-0.3, -0.25) is 0 Å². The average Bonchev–Trinajstić information content (AvgIpc) is 3.33. The second kappa shape index (κ2) is 7.38. The number of benzene rings is 3. The van der Waals surface area contributed by atoms with Crippen LogP contribution in [0.5, 0.6) is 0 Å². The maximum Gasteiger partial charge on any atom is 0.410 e. The Labute approximate surface area is 186 Å². The number of hydrogen-bond donors (Lipinski definition) is 1. The Morgan fingerprint density at radius 2 is 1.62 bits per heavy atom. The molecule has 1 N–H and O–H groups in total. The van der Waals surface area contributed by atoms with E-state index in [0.717, 1.165) is 45.9 Å². The number of carbonyl (C=O) groups is 1. The molecule has 0 spiro atoms. The van der Waals surface area contributed by atoms with E-state index in [4.69, 9.17) is 9.15 Å². The Morgan fingerprint density at radius 3 is 2.41 bits per heavy atom. The van der Waals surface area contributed by atoms with Crippen LogP contribution in [0, 0.1) is 0 Å². The molecule has 0 saturated carbocycles. The Morgan fingerprint density at radius 1 is 0.938 bits per heavy atom. The molecular formula is C27H25NO4. The van der Waals surface area contributed by atoms with Crippen LogP contribution in [0.25, 0.3) is 21.9 Å². The van der Waals surface area contributed by atoms with E-state index < -0.39 is 5.60 Å². The second-order valence-corrected chi connectivity index (χ2v) is 9.08. The van der Waals surface area contributed by atoms with Gasteiger partial charge in [0.2, 0.25) is 0 Å². The highest BCUT2D eigenvalue weighted by Crippen LogP contribution is 2.47. The first-order valence-electron chi connectivity index (χ1n) is 11.2. The summed E-state index contributed by atoms with van der Waals surface area (Å²) in [5.41, 5.74) is 2.58. The molecule has 2 bridgehead atoms. The van der Waals surface area contributed by atoms with Crippen molar-refractivity contribution in [3.63, 3.8) is 0 Å². The summed E-state index contributed by atoms with van der Waals surface area (Å²) in [5.74, 6) is 0. The third-order valence-corrected chi connectivity index (χ3v) is 7.10. The van der Waals surface area contributed by atoms with Gasteiger partial charge in [-0.15, -0.1) is 0 Å². The largest absolute Gasteiger partial charge is 0.456 e. The van der Waals surface area contributed by atoms with Gasteiger partial charge in [0.15, 0.2) is 0 Å². The van der Waals surface area contributed by atoms with E-state index in [-0.39, 0.29) is 24.8 Å². The number of nitrogens with zero attached hydrogens (tertiary/aromatic N) is 1. The number of amides is 1. The summed E-state index contributed by atoms with van der Waals surface area (Å²) in [6.45, 7) is 0.268. The van der Waals surface area contributed by atoms with Crippen molar-refractivity contribution in [2.45, 2.75) is 50.0 Å². The van der Waals surface area contributed by atoms with Crippen LogP contribution < -0.4 is 0 Å². The molecule has 6 rings (SSSR count). The minimum absolute atomic E-state index is 0.0150. The first-order valence-corrected chi connectivity index (χ1v) is 11.2.